The molecular formula is C9H15NS. The van der Waals surface area contributed by atoms with Gasteiger partial charge in [-0.05, 0) is 26.2 Å². The quantitative estimate of drug-likeness (QED) is 0.624. The van der Waals surface area contributed by atoms with Crippen LogP contribution in [0.4, 0.5) is 0 Å². The molecule has 0 bridgehead atoms. The van der Waals surface area contributed by atoms with Gasteiger partial charge in [-0.15, -0.1) is 11.8 Å². The topological polar surface area (TPSA) is 3.24 Å². The highest BCUT2D eigenvalue weighted by atomic mass is 32.2. The van der Waals surface area contributed by atoms with E-state index < -0.39 is 0 Å². The van der Waals surface area contributed by atoms with Crippen LogP contribution < -0.4 is 0 Å². The van der Waals surface area contributed by atoms with Crippen LogP contribution in [-0.4, -0.2) is 22.6 Å². The summed E-state index contributed by atoms with van der Waals surface area (Å²) < 4.78 is 0. The second-order valence-electron chi connectivity index (χ2n) is 2.89. The summed E-state index contributed by atoms with van der Waals surface area (Å²) in [7, 11) is 0. The highest BCUT2D eigenvalue weighted by Crippen LogP contribution is 2.20. The van der Waals surface area contributed by atoms with E-state index in [0.717, 1.165) is 0 Å². The third-order valence-corrected chi connectivity index (χ3v) is 2.66. The Bertz CT molecular complexity index is 172. The van der Waals surface area contributed by atoms with Crippen molar-refractivity contribution in [2.24, 2.45) is 0 Å². The molecule has 62 valence electrons. The van der Waals surface area contributed by atoms with Gasteiger partial charge < -0.3 is 4.90 Å². The predicted octanol–water partition coefficient (Wildman–Crippen LogP) is 2.47. The third kappa shape index (κ3) is 2.03. The van der Waals surface area contributed by atoms with Crippen LogP contribution in [-0.2, 0) is 0 Å². The molecule has 0 N–H and O–H groups in total. The second-order valence-corrected chi connectivity index (χ2v) is 3.85. The highest BCUT2D eigenvalue weighted by Gasteiger charge is 2.14. The molecule has 0 radical (unpaired) electrons. The molecule has 1 nitrogen and oxygen atoms in total. The van der Waals surface area contributed by atoms with E-state index in [1.54, 1.807) is 0 Å². The maximum Gasteiger partial charge on any atom is 0.0933 e. The minimum atomic E-state index is 0.528. The summed E-state index contributed by atoms with van der Waals surface area (Å²) in [5, 5.41) is 0.528. The van der Waals surface area contributed by atoms with Crippen LogP contribution in [0.5, 0.6) is 0 Å². The van der Waals surface area contributed by atoms with Gasteiger partial charge in [0, 0.05) is 12.2 Å². The van der Waals surface area contributed by atoms with Crippen molar-refractivity contribution in [3.05, 3.63) is 24.4 Å². The first-order valence-corrected chi connectivity index (χ1v) is 5.19. The Labute approximate surface area is 73.2 Å². The predicted molar refractivity (Wildman–Crippen MR) is 52.6 cm³/mol. The van der Waals surface area contributed by atoms with Gasteiger partial charge in [0.25, 0.3) is 0 Å². The van der Waals surface area contributed by atoms with Crippen molar-refractivity contribution < 1.29 is 0 Å². The van der Waals surface area contributed by atoms with Crippen LogP contribution in [0, 0.1) is 0 Å². The van der Waals surface area contributed by atoms with Gasteiger partial charge in [-0.3, -0.25) is 0 Å². The molecule has 0 aliphatic carbocycles. The van der Waals surface area contributed by atoms with Gasteiger partial charge in [-0.25, -0.2) is 0 Å². The molecule has 1 heterocycles. The van der Waals surface area contributed by atoms with E-state index in [0.29, 0.717) is 11.4 Å². The molecule has 1 aliphatic rings. The highest BCUT2D eigenvalue weighted by molar-refractivity contribution is 7.99. The van der Waals surface area contributed by atoms with E-state index in [4.69, 9.17) is 0 Å². The average Bonchev–Trinajstić information content (AvgIpc) is 2.04. The number of hydrogen-bond donors (Lipinski definition) is 0. The summed E-state index contributed by atoms with van der Waals surface area (Å²) in [5.41, 5.74) is 0. The Morgan fingerprint density at radius 2 is 2.09 bits per heavy atom. The Balaban J connectivity index is 2.63. The monoisotopic (exact) mass is 169 g/mol. The van der Waals surface area contributed by atoms with E-state index in [1.807, 2.05) is 11.8 Å². The first-order chi connectivity index (χ1) is 5.25. The number of nitrogens with zero attached hydrogens (tertiary/aromatic N) is 1. The lowest BCUT2D eigenvalue weighted by atomic mass is 10.3. The van der Waals surface area contributed by atoms with Crippen LogP contribution in [0.25, 0.3) is 0 Å². The number of rotatable bonds is 2. The number of hydrogen-bond acceptors (Lipinski definition) is 2. The van der Waals surface area contributed by atoms with Crippen molar-refractivity contribution in [2.75, 3.05) is 6.26 Å². The summed E-state index contributed by atoms with van der Waals surface area (Å²) in [6.07, 6.45) is 10.7. The molecule has 1 unspecified atom stereocenters. The molecule has 2 heteroatoms. The normalized spacial score (nSPS) is 23.3. The van der Waals surface area contributed by atoms with Gasteiger partial charge >= 0.3 is 0 Å². The Morgan fingerprint density at radius 1 is 1.36 bits per heavy atom. The van der Waals surface area contributed by atoms with Crippen molar-refractivity contribution in [3.8, 4) is 0 Å². The lowest BCUT2D eigenvalue weighted by Crippen LogP contribution is -2.33. The zero-order valence-corrected chi connectivity index (χ0v) is 8.14. The van der Waals surface area contributed by atoms with E-state index in [1.165, 1.54) is 0 Å². The van der Waals surface area contributed by atoms with Crippen molar-refractivity contribution in [1.29, 1.82) is 0 Å². The standard InChI is InChI=1S/C9H15NS/c1-8(2)10-7-5-4-6-9(10)11-3/h4-9H,1-3H3. The first kappa shape index (κ1) is 8.72. The summed E-state index contributed by atoms with van der Waals surface area (Å²) in [4.78, 5) is 2.35. The molecule has 0 aromatic heterocycles. The van der Waals surface area contributed by atoms with Crippen molar-refractivity contribution in [2.45, 2.75) is 25.3 Å². The summed E-state index contributed by atoms with van der Waals surface area (Å²) in [5.74, 6) is 0. The molecule has 0 fully saturated rings. The first-order valence-electron chi connectivity index (χ1n) is 3.91. The number of thioether (sulfide) groups is 1. The molecule has 1 atom stereocenters. The van der Waals surface area contributed by atoms with Crippen LogP contribution in [0.2, 0.25) is 0 Å². The summed E-state index contributed by atoms with van der Waals surface area (Å²) in [6, 6.07) is 0.591. The minimum Gasteiger partial charge on any atom is -0.360 e. The lowest BCUT2D eigenvalue weighted by molar-refractivity contribution is 0.319. The largest absolute Gasteiger partial charge is 0.360 e. The van der Waals surface area contributed by atoms with Gasteiger partial charge in [0.15, 0.2) is 0 Å². The molecule has 1 rings (SSSR count). The van der Waals surface area contributed by atoms with Gasteiger partial charge in [-0.2, -0.15) is 0 Å². The zero-order chi connectivity index (χ0) is 8.27. The van der Waals surface area contributed by atoms with Gasteiger partial charge in [0.2, 0.25) is 0 Å². The van der Waals surface area contributed by atoms with E-state index >= 15 is 0 Å². The van der Waals surface area contributed by atoms with Crippen molar-refractivity contribution in [1.82, 2.24) is 4.90 Å². The molecule has 0 amide bonds. The maximum absolute atomic E-state index is 2.35. The maximum atomic E-state index is 2.35. The fourth-order valence-electron chi connectivity index (χ4n) is 1.16. The van der Waals surface area contributed by atoms with E-state index in [2.05, 4.69) is 49.4 Å². The van der Waals surface area contributed by atoms with E-state index in [-0.39, 0.29) is 0 Å². The van der Waals surface area contributed by atoms with Crippen LogP contribution in [0.1, 0.15) is 13.8 Å². The Hall–Kier alpha value is -0.370. The van der Waals surface area contributed by atoms with Crippen LogP contribution in [0.15, 0.2) is 24.4 Å². The minimum absolute atomic E-state index is 0.528. The van der Waals surface area contributed by atoms with Gasteiger partial charge in [0.05, 0.1) is 5.37 Å². The second kappa shape index (κ2) is 3.86. The lowest BCUT2D eigenvalue weighted by Gasteiger charge is -2.32. The molecule has 0 saturated heterocycles. The Kier molecular flexibility index (Phi) is 3.06. The molecule has 0 aromatic rings. The fourth-order valence-corrected chi connectivity index (χ4v) is 1.96. The fraction of sp³-hybridized carbons (Fsp3) is 0.556. The van der Waals surface area contributed by atoms with Gasteiger partial charge in [0.1, 0.15) is 0 Å². The van der Waals surface area contributed by atoms with Crippen LogP contribution >= 0.6 is 11.8 Å². The van der Waals surface area contributed by atoms with Gasteiger partial charge in [-0.1, -0.05) is 12.2 Å². The SMILES string of the molecule is CSC1C=CC=CN1C(C)C. The zero-order valence-electron chi connectivity index (χ0n) is 7.32. The molecule has 0 spiro atoms. The molecule has 0 aromatic carbocycles. The number of allylic oxidation sites excluding steroid dienone is 2. The van der Waals surface area contributed by atoms with Crippen molar-refractivity contribution >= 4 is 11.8 Å². The van der Waals surface area contributed by atoms with E-state index in [9.17, 15) is 0 Å². The molecular weight excluding hydrogens is 154 g/mol. The van der Waals surface area contributed by atoms with Crippen molar-refractivity contribution in [3.63, 3.8) is 0 Å². The summed E-state index contributed by atoms with van der Waals surface area (Å²) in [6.45, 7) is 4.43. The molecule has 11 heavy (non-hydrogen) atoms. The molecule has 0 saturated carbocycles. The van der Waals surface area contributed by atoms with Crippen LogP contribution in [0.3, 0.4) is 0 Å². The Morgan fingerprint density at radius 3 is 2.55 bits per heavy atom. The summed E-state index contributed by atoms with van der Waals surface area (Å²) >= 11 is 1.87. The average molecular weight is 169 g/mol. The third-order valence-electron chi connectivity index (χ3n) is 1.78. The molecule has 1 aliphatic heterocycles. The smallest absolute Gasteiger partial charge is 0.0933 e.